The van der Waals surface area contributed by atoms with Crippen LogP contribution in [0.3, 0.4) is 0 Å². The third-order valence-corrected chi connectivity index (χ3v) is 3.45. The number of nitrogens with one attached hydrogen (secondary N) is 1. The van der Waals surface area contributed by atoms with Crippen LogP contribution in [-0.2, 0) is 7.05 Å². The summed E-state index contributed by atoms with van der Waals surface area (Å²) in [6, 6.07) is 6.48. The van der Waals surface area contributed by atoms with Crippen molar-refractivity contribution in [2.45, 2.75) is 18.8 Å². The molecule has 0 spiro atoms. The molecule has 1 fully saturated rings. The van der Waals surface area contributed by atoms with Crippen LogP contribution in [0.15, 0.2) is 24.4 Å². The van der Waals surface area contributed by atoms with Crippen LogP contribution in [0, 0.1) is 0 Å². The molecule has 3 heteroatoms. The van der Waals surface area contributed by atoms with E-state index in [9.17, 15) is 0 Å². The van der Waals surface area contributed by atoms with E-state index in [1.54, 1.807) is 0 Å². The number of fused-ring (bicyclic) bond motifs is 1. The van der Waals surface area contributed by atoms with Gasteiger partial charge in [0.2, 0.25) is 0 Å². The van der Waals surface area contributed by atoms with Crippen LogP contribution in [0.25, 0.3) is 11.0 Å². The molecule has 1 aliphatic rings. The Morgan fingerprint density at radius 2 is 2.31 bits per heavy atom. The smallest absolute Gasteiger partial charge is 0.139 e. The van der Waals surface area contributed by atoms with Crippen LogP contribution in [0.5, 0.6) is 0 Å². The van der Waals surface area contributed by atoms with Gasteiger partial charge in [-0.25, -0.2) is 4.98 Å². The Hall–Kier alpha value is -1.35. The maximum absolute atomic E-state index is 4.78. The average Bonchev–Trinajstić information content (AvgIpc) is 2.72. The Balaban J connectivity index is 1.99. The van der Waals surface area contributed by atoms with Crippen molar-refractivity contribution >= 4 is 11.0 Å². The summed E-state index contributed by atoms with van der Waals surface area (Å²) in [5.74, 6) is 0.591. The fourth-order valence-corrected chi connectivity index (χ4v) is 2.48. The van der Waals surface area contributed by atoms with Gasteiger partial charge in [0.15, 0.2) is 0 Å². The topological polar surface area (TPSA) is 29.9 Å². The number of nitrogens with zero attached hydrogens (tertiary/aromatic N) is 2. The first-order chi connectivity index (χ1) is 7.84. The zero-order chi connectivity index (χ0) is 11.0. The van der Waals surface area contributed by atoms with Crippen molar-refractivity contribution in [1.29, 1.82) is 0 Å². The molecule has 0 bridgehead atoms. The first-order valence-electron chi connectivity index (χ1n) is 5.97. The highest BCUT2D eigenvalue weighted by Crippen LogP contribution is 2.23. The molecular formula is C13H17N3. The molecule has 84 valence electrons. The summed E-state index contributed by atoms with van der Waals surface area (Å²) in [7, 11) is 2.05. The fraction of sp³-hybridized carbons (Fsp3) is 0.462. The second-order valence-electron chi connectivity index (χ2n) is 4.62. The molecular weight excluding hydrogens is 198 g/mol. The van der Waals surface area contributed by atoms with Crippen LogP contribution in [0.4, 0.5) is 0 Å². The van der Waals surface area contributed by atoms with E-state index in [0.29, 0.717) is 5.92 Å². The quantitative estimate of drug-likeness (QED) is 0.789. The molecule has 1 aliphatic heterocycles. The van der Waals surface area contributed by atoms with Crippen molar-refractivity contribution in [2.75, 3.05) is 13.1 Å². The minimum atomic E-state index is 0.591. The molecule has 0 aliphatic carbocycles. The van der Waals surface area contributed by atoms with Gasteiger partial charge < -0.3 is 9.88 Å². The number of aryl methyl sites for hydroxylation is 1. The molecule has 1 saturated heterocycles. The maximum atomic E-state index is 4.78. The summed E-state index contributed by atoms with van der Waals surface area (Å²) in [6.45, 7) is 2.23. The lowest BCUT2D eigenvalue weighted by atomic mass is 9.95. The molecule has 3 heterocycles. The van der Waals surface area contributed by atoms with Gasteiger partial charge in [0, 0.05) is 36.8 Å². The summed E-state index contributed by atoms with van der Waals surface area (Å²) >= 11 is 0. The van der Waals surface area contributed by atoms with Crippen LogP contribution in [-0.4, -0.2) is 22.6 Å². The molecule has 1 N–H and O–H groups in total. The first kappa shape index (κ1) is 9.85. The summed E-state index contributed by atoms with van der Waals surface area (Å²) in [5.41, 5.74) is 2.34. The second kappa shape index (κ2) is 3.91. The SMILES string of the molecule is Cn1ccc2ccc(C3CCCNC3)nc21. The van der Waals surface area contributed by atoms with Crippen LogP contribution < -0.4 is 5.32 Å². The Kier molecular flexibility index (Phi) is 2.40. The van der Waals surface area contributed by atoms with E-state index in [-0.39, 0.29) is 0 Å². The van der Waals surface area contributed by atoms with Gasteiger partial charge in [-0.2, -0.15) is 0 Å². The second-order valence-corrected chi connectivity index (χ2v) is 4.62. The van der Waals surface area contributed by atoms with E-state index in [0.717, 1.165) is 18.7 Å². The summed E-state index contributed by atoms with van der Waals surface area (Å²) in [5, 5.41) is 4.67. The predicted octanol–water partition coefficient (Wildman–Crippen LogP) is 2.04. The molecule has 2 aromatic rings. The number of hydrogen-bond donors (Lipinski definition) is 1. The van der Waals surface area contributed by atoms with Crippen LogP contribution in [0.1, 0.15) is 24.5 Å². The fourth-order valence-electron chi connectivity index (χ4n) is 2.48. The van der Waals surface area contributed by atoms with Crippen molar-refractivity contribution in [2.24, 2.45) is 7.05 Å². The van der Waals surface area contributed by atoms with Crippen molar-refractivity contribution < 1.29 is 0 Å². The number of hydrogen-bond acceptors (Lipinski definition) is 2. The third kappa shape index (κ3) is 1.61. The molecule has 0 aromatic carbocycles. The summed E-state index contributed by atoms with van der Waals surface area (Å²) in [6.07, 6.45) is 4.59. The lowest BCUT2D eigenvalue weighted by molar-refractivity contribution is 0.455. The van der Waals surface area contributed by atoms with Gasteiger partial charge in [0.25, 0.3) is 0 Å². The summed E-state index contributed by atoms with van der Waals surface area (Å²) < 4.78 is 2.09. The first-order valence-corrected chi connectivity index (χ1v) is 5.97. The molecule has 2 aromatic heterocycles. The highest BCUT2D eigenvalue weighted by Gasteiger charge is 2.16. The van der Waals surface area contributed by atoms with Crippen molar-refractivity contribution in [1.82, 2.24) is 14.9 Å². The minimum Gasteiger partial charge on any atom is -0.336 e. The Bertz CT molecular complexity index is 495. The Labute approximate surface area is 95.5 Å². The van der Waals surface area contributed by atoms with Crippen molar-refractivity contribution in [3.05, 3.63) is 30.1 Å². The molecule has 0 amide bonds. The number of rotatable bonds is 1. The average molecular weight is 215 g/mol. The highest BCUT2D eigenvalue weighted by atomic mass is 15.0. The maximum Gasteiger partial charge on any atom is 0.139 e. The van der Waals surface area contributed by atoms with Gasteiger partial charge in [-0.15, -0.1) is 0 Å². The molecule has 1 atom stereocenters. The lowest BCUT2D eigenvalue weighted by Crippen LogP contribution is -2.28. The van der Waals surface area contributed by atoms with Gasteiger partial charge in [0.05, 0.1) is 0 Å². The normalized spacial score (nSPS) is 21.4. The van der Waals surface area contributed by atoms with Gasteiger partial charge in [-0.05, 0) is 37.6 Å². The molecule has 1 unspecified atom stereocenters. The highest BCUT2D eigenvalue weighted by molar-refractivity contribution is 5.76. The Morgan fingerprint density at radius 3 is 3.12 bits per heavy atom. The van der Waals surface area contributed by atoms with E-state index in [4.69, 9.17) is 4.98 Å². The number of aromatic nitrogens is 2. The predicted molar refractivity (Wildman–Crippen MR) is 65.6 cm³/mol. The van der Waals surface area contributed by atoms with E-state index in [1.807, 2.05) is 0 Å². The monoisotopic (exact) mass is 215 g/mol. The van der Waals surface area contributed by atoms with E-state index in [2.05, 4.69) is 41.3 Å². The molecule has 3 rings (SSSR count). The van der Waals surface area contributed by atoms with Crippen molar-refractivity contribution in [3.8, 4) is 0 Å². The number of pyridine rings is 1. The zero-order valence-corrected chi connectivity index (χ0v) is 9.61. The van der Waals surface area contributed by atoms with E-state index in [1.165, 1.54) is 23.9 Å². The molecule has 0 radical (unpaired) electrons. The van der Waals surface area contributed by atoms with Gasteiger partial charge in [-0.3, -0.25) is 0 Å². The van der Waals surface area contributed by atoms with Gasteiger partial charge in [-0.1, -0.05) is 0 Å². The largest absolute Gasteiger partial charge is 0.336 e. The van der Waals surface area contributed by atoms with Gasteiger partial charge in [0.1, 0.15) is 5.65 Å². The van der Waals surface area contributed by atoms with Crippen molar-refractivity contribution in [3.63, 3.8) is 0 Å². The molecule has 0 saturated carbocycles. The zero-order valence-electron chi connectivity index (χ0n) is 9.61. The summed E-state index contributed by atoms with van der Waals surface area (Å²) in [4.78, 5) is 4.78. The van der Waals surface area contributed by atoms with Crippen LogP contribution in [0.2, 0.25) is 0 Å². The molecule has 16 heavy (non-hydrogen) atoms. The van der Waals surface area contributed by atoms with E-state index < -0.39 is 0 Å². The van der Waals surface area contributed by atoms with Crippen LogP contribution >= 0.6 is 0 Å². The molecule has 3 nitrogen and oxygen atoms in total. The van der Waals surface area contributed by atoms with Gasteiger partial charge >= 0.3 is 0 Å². The third-order valence-electron chi connectivity index (χ3n) is 3.45. The lowest BCUT2D eigenvalue weighted by Gasteiger charge is -2.22. The number of piperidine rings is 1. The Morgan fingerprint density at radius 1 is 1.38 bits per heavy atom. The minimum absolute atomic E-state index is 0.591. The van der Waals surface area contributed by atoms with E-state index >= 15 is 0 Å². The standard InChI is InChI=1S/C13H17N3/c1-16-8-6-10-4-5-12(15-13(10)16)11-3-2-7-14-9-11/h4-6,8,11,14H,2-3,7,9H2,1H3.